The lowest BCUT2D eigenvalue weighted by Crippen LogP contribution is -2.47. The quantitative estimate of drug-likeness (QED) is 0.623. The van der Waals surface area contributed by atoms with E-state index in [1.807, 2.05) is 0 Å². The van der Waals surface area contributed by atoms with Crippen molar-refractivity contribution in [1.29, 1.82) is 0 Å². The summed E-state index contributed by atoms with van der Waals surface area (Å²) in [5.41, 5.74) is 0.981. The third kappa shape index (κ3) is 4.81. The van der Waals surface area contributed by atoms with Crippen molar-refractivity contribution in [3.8, 4) is 0 Å². The van der Waals surface area contributed by atoms with E-state index >= 15 is 0 Å². The molecule has 8 heteroatoms. The summed E-state index contributed by atoms with van der Waals surface area (Å²) in [5.74, 6) is -0.449. The van der Waals surface area contributed by atoms with Gasteiger partial charge in [0.25, 0.3) is 0 Å². The number of rotatable bonds is 6. The Bertz CT molecular complexity index is 773. The molecular weight excluding hydrogens is 334 g/mol. The zero-order valence-electron chi connectivity index (χ0n) is 14.5. The van der Waals surface area contributed by atoms with Gasteiger partial charge in [-0.1, -0.05) is 19.3 Å². The van der Waals surface area contributed by atoms with Crippen LogP contribution in [0.5, 0.6) is 0 Å². The van der Waals surface area contributed by atoms with Gasteiger partial charge >= 0.3 is 0 Å². The van der Waals surface area contributed by atoms with Crippen molar-refractivity contribution in [2.45, 2.75) is 44.6 Å². The zero-order chi connectivity index (χ0) is 18.4. The molecule has 2 heterocycles. The molecule has 1 saturated carbocycles. The number of amides is 2. The molecule has 0 spiro atoms. The maximum absolute atomic E-state index is 12.7. The second-order valence-electron chi connectivity index (χ2n) is 6.61. The van der Waals surface area contributed by atoms with E-state index in [0.29, 0.717) is 12.1 Å². The third-order valence-corrected chi connectivity index (χ3v) is 4.64. The molecule has 2 aromatic rings. The Morgan fingerprint density at radius 1 is 1.19 bits per heavy atom. The van der Waals surface area contributed by atoms with Crippen LogP contribution in [0.2, 0.25) is 0 Å². The summed E-state index contributed by atoms with van der Waals surface area (Å²) in [6.45, 7) is 0. The van der Waals surface area contributed by atoms with E-state index < -0.39 is 6.04 Å². The van der Waals surface area contributed by atoms with Crippen LogP contribution < -0.4 is 16.2 Å². The monoisotopic (exact) mass is 357 g/mol. The molecule has 1 aliphatic carbocycles. The normalized spacial score (nSPS) is 16.0. The van der Waals surface area contributed by atoms with Crippen molar-refractivity contribution in [3.05, 3.63) is 46.9 Å². The summed E-state index contributed by atoms with van der Waals surface area (Å²) in [4.78, 5) is 45.8. The molecule has 2 amide bonds. The van der Waals surface area contributed by atoms with E-state index in [2.05, 4.69) is 25.6 Å². The predicted octanol–water partition coefficient (Wildman–Crippen LogP) is 1.34. The van der Waals surface area contributed by atoms with Gasteiger partial charge in [-0.3, -0.25) is 14.4 Å². The molecule has 0 saturated heterocycles. The smallest absolute Gasteiger partial charge is 0.248 e. The van der Waals surface area contributed by atoms with Crippen LogP contribution in [0.3, 0.4) is 0 Å². The third-order valence-electron chi connectivity index (χ3n) is 4.64. The molecule has 0 radical (unpaired) electrons. The van der Waals surface area contributed by atoms with Crippen LogP contribution in [0, 0.1) is 5.92 Å². The van der Waals surface area contributed by atoms with Gasteiger partial charge in [0.1, 0.15) is 6.04 Å². The van der Waals surface area contributed by atoms with Gasteiger partial charge in [-0.25, -0.2) is 4.98 Å². The first-order chi connectivity index (χ1) is 12.6. The molecule has 1 atom stereocenters. The van der Waals surface area contributed by atoms with Crippen molar-refractivity contribution < 1.29 is 9.59 Å². The minimum absolute atomic E-state index is 0.0334. The Hall–Kier alpha value is -2.90. The number of aromatic nitrogens is 3. The second-order valence-corrected chi connectivity index (χ2v) is 6.61. The fourth-order valence-electron chi connectivity index (χ4n) is 3.20. The lowest BCUT2D eigenvalue weighted by molar-refractivity contribution is -0.130. The SMILES string of the molecule is O=C(N[C@@H](Cc1cnc[nH]1)C(=O)Nc1ccc(=O)[nH]c1)C1CCCCC1. The highest BCUT2D eigenvalue weighted by molar-refractivity contribution is 5.97. The van der Waals surface area contributed by atoms with E-state index in [0.717, 1.165) is 37.8 Å². The van der Waals surface area contributed by atoms with Crippen molar-refractivity contribution in [2.24, 2.45) is 5.92 Å². The molecule has 1 aliphatic rings. The van der Waals surface area contributed by atoms with Crippen molar-refractivity contribution in [2.75, 3.05) is 5.32 Å². The largest absolute Gasteiger partial charge is 0.348 e. The number of hydrogen-bond acceptors (Lipinski definition) is 4. The number of aromatic amines is 2. The molecule has 0 unspecified atom stereocenters. The molecule has 0 aliphatic heterocycles. The molecular formula is C18H23N5O3. The summed E-state index contributed by atoms with van der Waals surface area (Å²) in [6, 6.07) is 2.13. The number of nitrogens with one attached hydrogen (secondary N) is 4. The fourth-order valence-corrected chi connectivity index (χ4v) is 3.20. The van der Waals surface area contributed by atoms with Gasteiger partial charge in [-0.2, -0.15) is 0 Å². The highest BCUT2D eigenvalue weighted by Crippen LogP contribution is 2.23. The van der Waals surface area contributed by atoms with Crippen LogP contribution in [-0.4, -0.2) is 32.8 Å². The van der Waals surface area contributed by atoms with Gasteiger partial charge in [0.2, 0.25) is 17.4 Å². The van der Waals surface area contributed by atoms with Gasteiger partial charge in [0.15, 0.2) is 0 Å². The average molecular weight is 357 g/mol. The van der Waals surface area contributed by atoms with Crippen LogP contribution in [-0.2, 0) is 16.0 Å². The topological polar surface area (TPSA) is 120 Å². The van der Waals surface area contributed by atoms with E-state index in [1.54, 1.807) is 6.20 Å². The minimum Gasteiger partial charge on any atom is -0.348 e. The molecule has 4 N–H and O–H groups in total. The van der Waals surface area contributed by atoms with Crippen LogP contribution >= 0.6 is 0 Å². The molecule has 3 rings (SSSR count). The second kappa shape index (κ2) is 8.46. The molecule has 0 bridgehead atoms. The van der Waals surface area contributed by atoms with Gasteiger partial charge in [-0.15, -0.1) is 0 Å². The van der Waals surface area contributed by atoms with E-state index in [1.165, 1.54) is 24.7 Å². The maximum atomic E-state index is 12.7. The maximum Gasteiger partial charge on any atom is 0.248 e. The number of anilines is 1. The highest BCUT2D eigenvalue weighted by atomic mass is 16.2. The van der Waals surface area contributed by atoms with Crippen molar-refractivity contribution in [1.82, 2.24) is 20.3 Å². The first-order valence-electron chi connectivity index (χ1n) is 8.89. The molecule has 26 heavy (non-hydrogen) atoms. The molecule has 1 fully saturated rings. The number of nitrogens with zero attached hydrogens (tertiary/aromatic N) is 1. The fraction of sp³-hybridized carbons (Fsp3) is 0.444. The van der Waals surface area contributed by atoms with Gasteiger partial charge in [0, 0.05) is 36.5 Å². The molecule has 2 aromatic heterocycles. The van der Waals surface area contributed by atoms with Crippen LogP contribution in [0.4, 0.5) is 5.69 Å². The predicted molar refractivity (Wildman–Crippen MR) is 96.5 cm³/mol. The van der Waals surface area contributed by atoms with Crippen LogP contribution in [0.25, 0.3) is 0 Å². The number of carbonyl (C=O) groups excluding carboxylic acids is 2. The summed E-state index contributed by atoms with van der Waals surface area (Å²) < 4.78 is 0. The minimum atomic E-state index is -0.725. The zero-order valence-corrected chi connectivity index (χ0v) is 14.5. The first-order valence-corrected chi connectivity index (χ1v) is 8.89. The van der Waals surface area contributed by atoms with Gasteiger partial charge in [-0.05, 0) is 18.9 Å². The molecule has 0 aromatic carbocycles. The van der Waals surface area contributed by atoms with E-state index in [-0.39, 0.29) is 23.3 Å². The van der Waals surface area contributed by atoms with Crippen molar-refractivity contribution in [3.63, 3.8) is 0 Å². The molecule has 138 valence electrons. The average Bonchev–Trinajstić information content (AvgIpc) is 3.17. The number of H-pyrrole nitrogens is 2. The van der Waals surface area contributed by atoms with Gasteiger partial charge < -0.3 is 20.6 Å². The standard InChI is InChI=1S/C18H23N5O3/c24-16-7-6-13(10-20-16)22-18(26)15(8-14-9-19-11-21-14)23-17(25)12-4-2-1-3-5-12/h6-7,9-12,15H,1-5,8H2,(H,19,21)(H,20,24)(H,22,26)(H,23,25)/t15-/m0/s1. The summed E-state index contributed by atoms with van der Waals surface area (Å²) in [7, 11) is 0. The Morgan fingerprint density at radius 2 is 2.00 bits per heavy atom. The highest BCUT2D eigenvalue weighted by Gasteiger charge is 2.27. The summed E-state index contributed by atoms with van der Waals surface area (Å²) in [6.07, 6.45) is 9.90. The number of imidazole rings is 1. The number of carbonyl (C=O) groups is 2. The lowest BCUT2D eigenvalue weighted by atomic mass is 9.88. The summed E-state index contributed by atoms with van der Waals surface area (Å²) in [5, 5.41) is 5.62. The Kier molecular flexibility index (Phi) is 5.83. The molecule has 8 nitrogen and oxygen atoms in total. The Morgan fingerprint density at radius 3 is 2.65 bits per heavy atom. The van der Waals surface area contributed by atoms with Gasteiger partial charge in [0.05, 0.1) is 12.0 Å². The number of pyridine rings is 1. The first kappa shape index (κ1) is 17.9. The van der Waals surface area contributed by atoms with E-state index in [4.69, 9.17) is 0 Å². The van der Waals surface area contributed by atoms with Crippen molar-refractivity contribution >= 4 is 17.5 Å². The number of hydrogen-bond donors (Lipinski definition) is 4. The van der Waals surface area contributed by atoms with Crippen LogP contribution in [0.1, 0.15) is 37.8 Å². The summed E-state index contributed by atoms with van der Waals surface area (Å²) >= 11 is 0. The van der Waals surface area contributed by atoms with E-state index in [9.17, 15) is 14.4 Å². The Balaban J connectivity index is 1.69. The van der Waals surface area contributed by atoms with Crippen LogP contribution in [0.15, 0.2) is 35.6 Å². The Labute approximate surface area is 150 Å². The lowest BCUT2D eigenvalue weighted by Gasteiger charge is -2.24.